The summed E-state index contributed by atoms with van der Waals surface area (Å²) in [5.41, 5.74) is 1.71. The number of nitrogens with zero attached hydrogens (tertiary/aromatic N) is 2. The average Bonchev–Trinajstić information content (AvgIpc) is 2.61. The molecule has 0 radical (unpaired) electrons. The van der Waals surface area contributed by atoms with Crippen molar-refractivity contribution in [3.8, 4) is 5.75 Å². The minimum atomic E-state index is -0.887. The van der Waals surface area contributed by atoms with E-state index >= 15 is 0 Å². The van der Waals surface area contributed by atoms with Crippen LogP contribution in [0.4, 0.5) is 10.5 Å². The van der Waals surface area contributed by atoms with Gasteiger partial charge in [0.1, 0.15) is 5.75 Å². The smallest absolute Gasteiger partial charge is 0.322 e. The van der Waals surface area contributed by atoms with E-state index in [1.807, 2.05) is 32.0 Å². The molecular weight excluding hydrogens is 350 g/mol. The molecule has 1 aromatic carbocycles. The molecule has 2 N–H and O–H groups in total. The van der Waals surface area contributed by atoms with Gasteiger partial charge in [-0.25, -0.2) is 4.79 Å². The fraction of sp³-hybridized carbons (Fsp3) is 0.579. The number of likely N-dealkylation sites (N-methyl/N-ethyl adjacent to an activating group) is 1. The number of amides is 2. The number of benzene rings is 1. The van der Waals surface area contributed by atoms with Gasteiger partial charge in [-0.1, -0.05) is 13.0 Å². The largest absolute Gasteiger partial charge is 0.491 e. The van der Waals surface area contributed by atoms with Crippen LogP contribution in [-0.2, 0) is 9.53 Å². The molecule has 1 aliphatic heterocycles. The van der Waals surface area contributed by atoms with Gasteiger partial charge in [0, 0.05) is 19.6 Å². The fourth-order valence-corrected chi connectivity index (χ4v) is 2.92. The number of morpholine rings is 1. The molecule has 0 aromatic heterocycles. The number of aliphatic carboxylic acids is 1. The van der Waals surface area contributed by atoms with E-state index in [0.29, 0.717) is 44.3 Å². The number of rotatable bonds is 8. The lowest BCUT2D eigenvalue weighted by Gasteiger charge is -2.34. The van der Waals surface area contributed by atoms with Crippen molar-refractivity contribution in [2.75, 3.05) is 51.8 Å². The van der Waals surface area contributed by atoms with Crippen LogP contribution in [-0.4, -0.2) is 79.5 Å². The van der Waals surface area contributed by atoms with Crippen LogP contribution in [0.2, 0.25) is 0 Å². The van der Waals surface area contributed by atoms with Crippen LogP contribution in [0.15, 0.2) is 18.2 Å². The second-order valence-electron chi connectivity index (χ2n) is 6.81. The first kappa shape index (κ1) is 21.0. The van der Waals surface area contributed by atoms with Crippen molar-refractivity contribution in [1.82, 2.24) is 9.80 Å². The van der Waals surface area contributed by atoms with E-state index < -0.39 is 5.97 Å². The van der Waals surface area contributed by atoms with Crippen LogP contribution in [0.1, 0.15) is 18.9 Å². The number of carbonyl (C=O) groups is 2. The van der Waals surface area contributed by atoms with Gasteiger partial charge >= 0.3 is 12.0 Å². The third-order valence-corrected chi connectivity index (χ3v) is 4.19. The summed E-state index contributed by atoms with van der Waals surface area (Å²) in [6.45, 7) is 6.30. The van der Waals surface area contributed by atoms with Crippen molar-refractivity contribution in [2.24, 2.45) is 0 Å². The second-order valence-corrected chi connectivity index (χ2v) is 6.81. The number of carboxylic acids is 1. The lowest BCUT2D eigenvalue weighted by Crippen LogP contribution is -2.50. The summed E-state index contributed by atoms with van der Waals surface area (Å²) < 4.78 is 11.4. The Morgan fingerprint density at radius 2 is 2.22 bits per heavy atom. The number of hydrogen-bond acceptors (Lipinski definition) is 5. The van der Waals surface area contributed by atoms with E-state index in [4.69, 9.17) is 14.6 Å². The van der Waals surface area contributed by atoms with E-state index in [0.717, 1.165) is 12.0 Å². The van der Waals surface area contributed by atoms with Crippen LogP contribution in [0.5, 0.6) is 5.75 Å². The molecular formula is C19H29N3O5. The maximum atomic E-state index is 12.7. The molecule has 1 heterocycles. The van der Waals surface area contributed by atoms with Crippen LogP contribution in [0.25, 0.3) is 0 Å². The van der Waals surface area contributed by atoms with Gasteiger partial charge < -0.3 is 24.8 Å². The first-order valence-electron chi connectivity index (χ1n) is 9.20. The molecule has 0 bridgehead atoms. The van der Waals surface area contributed by atoms with E-state index in [-0.39, 0.29) is 18.7 Å². The molecule has 1 aromatic rings. The minimum absolute atomic E-state index is 0.0620. The first-order valence-corrected chi connectivity index (χ1v) is 9.20. The van der Waals surface area contributed by atoms with Crippen molar-refractivity contribution in [1.29, 1.82) is 0 Å². The number of urea groups is 1. The van der Waals surface area contributed by atoms with E-state index in [1.165, 1.54) is 0 Å². The zero-order valence-corrected chi connectivity index (χ0v) is 16.2. The number of aryl methyl sites for hydroxylation is 1. The average molecular weight is 379 g/mol. The molecule has 8 heteroatoms. The van der Waals surface area contributed by atoms with Gasteiger partial charge in [0.05, 0.1) is 31.5 Å². The Morgan fingerprint density at radius 1 is 1.44 bits per heavy atom. The van der Waals surface area contributed by atoms with Crippen LogP contribution < -0.4 is 10.1 Å². The predicted molar refractivity (Wildman–Crippen MR) is 102 cm³/mol. The Labute approximate surface area is 160 Å². The molecule has 0 saturated carbocycles. The first-order chi connectivity index (χ1) is 12.9. The molecule has 150 valence electrons. The molecule has 8 nitrogen and oxygen atoms in total. The summed E-state index contributed by atoms with van der Waals surface area (Å²) in [6.07, 6.45) is 0.666. The van der Waals surface area contributed by atoms with E-state index in [9.17, 15) is 9.59 Å². The zero-order chi connectivity index (χ0) is 19.8. The van der Waals surface area contributed by atoms with Gasteiger partial charge in [-0.05, 0) is 38.1 Å². The molecule has 2 amide bonds. The summed E-state index contributed by atoms with van der Waals surface area (Å²) in [5, 5.41) is 11.8. The summed E-state index contributed by atoms with van der Waals surface area (Å²) in [4.78, 5) is 26.8. The highest BCUT2D eigenvalue weighted by atomic mass is 16.5. The normalized spacial score (nSPS) is 17.0. The summed E-state index contributed by atoms with van der Waals surface area (Å²) in [6, 6.07) is 5.47. The highest BCUT2D eigenvalue weighted by Crippen LogP contribution is 2.26. The van der Waals surface area contributed by atoms with Gasteiger partial charge in [-0.3, -0.25) is 9.69 Å². The lowest BCUT2D eigenvalue weighted by atomic mass is 10.2. The Hall–Kier alpha value is -2.32. The standard InChI is InChI=1S/C19H29N3O5/c1-4-8-27-17-10-14(2)5-6-16(17)20-19(25)22-7-9-26-15(12-22)11-21(3)13-18(23)24/h5-6,10,15H,4,7-9,11-13H2,1-3H3,(H,20,25)(H,23,24). The van der Waals surface area contributed by atoms with Crippen LogP contribution in [0, 0.1) is 6.92 Å². The zero-order valence-electron chi connectivity index (χ0n) is 16.2. The van der Waals surface area contributed by atoms with Crippen molar-refractivity contribution in [2.45, 2.75) is 26.4 Å². The number of carboxylic acid groups (broad SMARTS) is 1. The topological polar surface area (TPSA) is 91.3 Å². The monoisotopic (exact) mass is 379 g/mol. The molecule has 0 spiro atoms. The Bertz CT molecular complexity index is 652. The number of ether oxygens (including phenoxy) is 2. The van der Waals surface area contributed by atoms with Crippen LogP contribution >= 0.6 is 0 Å². The molecule has 1 fully saturated rings. The minimum Gasteiger partial charge on any atom is -0.491 e. The maximum absolute atomic E-state index is 12.7. The fourth-order valence-electron chi connectivity index (χ4n) is 2.92. The van der Waals surface area contributed by atoms with Crippen LogP contribution in [0.3, 0.4) is 0 Å². The lowest BCUT2D eigenvalue weighted by molar-refractivity contribution is -0.138. The van der Waals surface area contributed by atoms with Gasteiger partial charge in [0.25, 0.3) is 0 Å². The molecule has 1 aliphatic rings. The quantitative estimate of drug-likeness (QED) is 0.718. The number of anilines is 1. The number of nitrogens with one attached hydrogen (secondary N) is 1. The molecule has 27 heavy (non-hydrogen) atoms. The van der Waals surface area contributed by atoms with Crippen molar-refractivity contribution >= 4 is 17.7 Å². The summed E-state index contributed by atoms with van der Waals surface area (Å²) in [5.74, 6) is -0.224. The molecule has 1 atom stereocenters. The van der Waals surface area contributed by atoms with Gasteiger partial charge in [-0.15, -0.1) is 0 Å². The SMILES string of the molecule is CCCOc1cc(C)ccc1NC(=O)N1CCOC(CN(C)CC(=O)O)C1. The Balaban J connectivity index is 1.96. The molecule has 1 saturated heterocycles. The third kappa shape index (κ3) is 6.73. The van der Waals surface area contributed by atoms with E-state index in [1.54, 1.807) is 16.8 Å². The highest BCUT2D eigenvalue weighted by molar-refractivity contribution is 5.91. The van der Waals surface area contributed by atoms with Crippen molar-refractivity contribution in [3.63, 3.8) is 0 Å². The summed E-state index contributed by atoms with van der Waals surface area (Å²) in [7, 11) is 1.72. The maximum Gasteiger partial charge on any atom is 0.322 e. The Morgan fingerprint density at radius 3 is 2.93 bits per heavy atom. The second kappa shape index (κ2) is 10.1. The molecule has 0 aliphatic carbocycles. The van der Waals surface area contributed by atoms with Gasteiger partial charge in [0.15, 0.2) is 0 Å². The van der Waals surface area contributed by atoms with Crippen molar-refractivity contribution in [3.05, 3.63) is 23.8 Å². The van der Waals surface area contributed by atoms with Gasteiger partial charge in [0.2, 0.25) is 0 Å². The summed E-state index contributed by atoms with van der Waals surface area (Å²) >= 11 is 0. The van der Waals surface area contributed by atoms with E-state index in [2.05, 4.69) is 5.32 Å². The number of carbonyl (C=O) groups excluding carboxylic acids is 1. The third-order valence-electron chi connectivity index (χ3n) is 4.19. The molecule has 1 unspecified atom stereocenters. The number of hydrogen-bond donors (Lipinski definition) is 2. The highest BCUT2D eigenvalue weighted by Gasteiger charge is 2.26. The van der Waals surface area contributed by atoms with Gasteiger partial charge in [-0.2, -0.15) is 0 Å². The molecule has 2 rings (SSSR count). The van der Waals surface area contributed by atoms with Crippen molar-refractivity contribution < 1.29 is 24.2 Å². The predicted octanol–water partition coefficient (Wildman–Crippen LogP) is 2.03. The Kier molecular flexibility index (Phi) is 7.87.